The first-order chi connectivity index (χ1) is 11.7. The normalized spacial score (nSPS) is 10.9. The molecule has 0 N–H and O–H groups in total. The SMILES string of the molecule is Cc1cccc(-c2ncn(C)c2-c2ccc3ncc(C#N)n3n2)n1. The summed E-state index contributed by atoms with van der Waals surface area (Å²) >= 11 is 0. The summed E-state index contributed by atoms with van der Waals surface area (Å²) in [5.41, 5.74) is 5.04. The molecule has 7 heteroatoms. The van der Waals surface area contributed by atoms with Gasteiger partial charge in [-0.3, -0.25) is 4.98 Å². The van der Waals surface area contributed by atoms with E-state index in [0.29, 0.717) is 17.0 Å². The van der Waals surface area contributed by atoms with Gasteiger partial charge < -0.3 is 4.57 Å². The Morgan fingerprint density at radius 1 is 1.08 bits per heavy atom. The molecule has 7 nitrogen and oxygen atoms in total. The van der Waals surface area contributed by atoms with Crippen molar-refractivity contribution in [3.63, 3.8) is 0 Å². The lowest BCUT2D eigenvalue weighted by Gasteiger charge is -2.06. The Morgan fingerprint density at radius 2 is 1.96 bits per heavy atom. The van der Waals surface area contributed by atoms with Gasteiger partial charge in [0.25, 0.3) is 0 Å². The van der Waals surface area contributed by atoms with Crippen LogP contribution in [-0.2, 0) is 7.05 Å². The topological polar surface area (TPSA) is 84.7 Å². The highest BCUT2D eigenvalue weighted by molar-refractivity contribution is 5.75. The maximum Gasteiger partial charge on any atom is 0.162 e. The van der Waals surface area contributed by atoms with Crippen LogP contribution in [-0.4, -0.2) is 29.1 Å². The fourth-order valence-electron chi connectivity index (χ4n) is 2.67. The maximum atomic E-state index is 9.19. The molecule has 116 valence electrons. The molecule has 0 spiro atoms. The van der Waals surface area contributed by atoms with E-state index in [-0.39, 0.29) is 0 Å². The highest BCUT2D eigenvalue weighted by Gasteiger charge is 2.17. The quantitative estimate of drug-likeness (QED) is 0.567. The van der Waals surface area contributed by atoms with Crippen LogP contribution < -0.4 is 0 Å². The van der Waals surface area contributed by atoms with Gasteiger partial charge in [-0.25, -0.2) is 14.5 Å². The Hall–Kier alpha value is -3.53. The van der Waals surface area contributed by atoms with Gasteiger partial charge in [0.2, 0.25) is 0 Å². The van der Waals surface area contributed by atoms with Crippen LogP contribution in [0.4, 0.5) is 0 Å². The van der Waals surface area contributed by atoms with Crippen molar-refractivity contribution in [3.05, 3.63) is 54.2 Å². The maximum absolute atomic E-state index is 9.19. The van der Waals surface area contributed by atoms with Crippen LogP contribution in [0.2, 0.25) is 0 Å². The van der Waals surface area contributed by atoms with Gasteiger partial charge in [-0.05, 0) is 31.2 Å². The summed E-state index contributed by atoms with van der Waals surface area (Å²) < 4.78 is 3.44. The third-order valence-electron chi connectivity index (χ3n) is 3.79. The van der Waals surface area contributed by atoms with Crippen molar-refractivity contribution in [2.75, 3.05) is 0 Å². The number of hydrogen-bond donors (Lipinski definition) is 0. The number of hydrogen-bond acceptors (Lipinski definition) is 5. The molecule has 0 aliphatic rings. The largest absolute Gasteiger partial charge is 0.332 e. The number of aryl methyl sites for hydroxylation is 2. The summed E-state index contributed by atoms with van der Waals surface area (Å²) in [6, 6.07) is 11.6. The van der Waals surface area contributed by atoms with Gasteiger partial charge >= 0.3 is 0 Å². The minimum atomic E-state index is 0.393. The van der Waals surface area contributed by atoms with Crippen LogP contribution in [0.25, 0.3) is 28.4 Å². The molecule has 0 unspecified atom stereocenters. The molecule has 0 aromatic carbocycles. The zero-order chi connectivity index (χ0) is 16.7. The number of rotatable bonds is 2. The molecule has 4 rings (SSSR count). The first-order valence-corrected chi connectivity index (χ1v) is 7.38. The molecule has 0 saturated heterocycles. The second-order valence-corrected chi connectivity index (χ2v) is 5.46. The summed E-state index contributed by atoms with van der Waals surface area (Å²) in [6.07, 6.45) is 3.25. The van der Waals surface area contributed by atoms with E-state index >= 15 is 0 Å². The lowest BCUT2D eigenvalue weighted by molar-refractivity contribution is 0.884. The fraction of sp³-hybridized carbons (Fsp3) is 0.118. The summed E-state index contributed by atoms with van der Waals surface area (Å²) in [4.78, 5) is 13.2. The average molecular weight is 315 g/mol. The molecule has 0 radical (unpaired) electrons. The van der Waals surface area contributed by atoms with Gasteiger partial charge in [0, 0.05) is 12.7 Å². The summed E-state index contributed by atoms with van der Waals surface area (Å²) in [5.74, 6) is 0. The lowest BCUT2D eigenvalue weighted by Crippen LogP contribution is -2.01. The summed E-state index contributed by atoms with van der Waals surface area (Å²) in [6.45, 7) is 1.95. The highest BCUT2D eigenvalue weighted by atomic mass is 15.3. The molecule has 0 fully saturated rings. The summed E-state index contributed by atoms with van der Waals surface area (Å²) in [7, 11) is 1.91. The fourth-order valence-corrected chi connectivity index (χ4v) is 2.67. The molecule has 4 heterocycles. The van der Waals surface area contributed by atoms with E-state index in [1.165, 1.54) is 10.7 Å². The molecule has 0 atom stereocenters. The van der Waals surface area contributed by atoms with Crippen LogP contribution in [0.1, 0.15) is 11.4 Å². The van der Waals surface area contributed by atoms with Crippen molar-refractivity contribution in [1.82, 2.24) is 29.1 Å². The van der Waals surface area contributed by atoms with E-state index in [9.17, 15) is 5.26 Å². The van der Waals surface area contributed by atoms with Gasteiger partial charge in [0.15, 0.2) is 11.3 Å². The standard InChI is InChI=1S/C17H13N7/c1-11-4-3-5-13(21-11)16-17(23(2)10-20-16)14-6-7-15-19-9-12(8-18)24(15)22-14/h3-7,9-10H,1-2H3. The number of pyridine rings is 1. The van der Waals surface area contributed by atoms with Crippen molar-refractivity contribution in [2.45, 2.75) is 6.92 Å². The molecule has 4 aromatic rings. The third kappa shape index (κ3) is 2.13. The van der Waals surface area contributed by atoms with Gasteiger partial charge in [-0.1, -0.05) is 6.07 Å². The van der Waals surface area contributed by atoms with E-state index in [1.807, 2.05) is 48.9 Å². The lowest BCUT2D eigenvalue weighted by atomic mass is 10.1. The van der Waals surface area contributed by atoms with E-state index in [2.05, 4.69) is 26.1 Å². The van der Waals surface area contributed by atoms with Crippen molar-refractivity contribution < 1.29 is 0 Å². The summed E-state index contributed by atoms with van der Waals surface area (Å²) in [5, 5.41) is 13.7. The monoisotopic (exact) mass is 315 g/mol. The minimum absolute atomic E-state index is 0.393. The molecule has 0 aliphatic heterocycles. The molecule has 4 aromatic heterocycles. The number of nitriles is 1. The second-order valence-electron chi connectivity index (χ2n) is 5.46. The molecule has 0 aliphatic carbocycles. The second kappa shape index (κ2) is 5.28. The van der Waals surface area contributed by atoms with Crippen molar-refractivity contribution in [2.24, 2.45) is 7.05 Å². The van der Waals surface area contributed by atoms with Crippen LogP contribution in [0.15, 0.2) is 42.9 Å². The van der Waals surface area contributed by atoms with Crippen LogP contribution in [0.5, 0.6) is 0 Å². The van der Waals surface area contributed by atoms with E-state index in [4.69, 9.17) is 0 Å². The van der Waals surface area contributed by atoms with Crippen LogP contribution in [0, 0.1) is 18.3 Å². The van der Waals surface area contributed by atoms with E-state index in [1.54, 1.807) is 6.33 Å². The molecule has 0 bridgehead atoms. The minimum Gasteiger partial charge on any atom is -0.332 e. The number of aromatic nitrogens is 6. The third-order valence-corrected chi connectivity index (χ3v) is 3.79. The zero-order valence-corrected chi connectivity index (χ0v) is 13.2. The molecular weight excluding hydrogens is 302 g/mol. The Bertz CT molecular complexity index is 1100. The Kier molecular flexibility index (Phi) is 3.10. The van der Waals surface area contributed by atoms with Crippen LogP contribution in [0.3, 0.4) is 0 Å². The first kappa shape index (κ1) is 14.1. The van der Waals surface area contributed by atoms with Crippen molar-refractivity contribution >= 4 is 5.65 Å². The highest BCUT2D eigenvalue weighted by Crippen LogP contribution is 2.28. The predicted octanol–water partition coefficient (Wildman–Crippen LogP) is 2.37. The number of fused-ring (bicyclic) bond motifs is 1. The van der Waals surface area contributed by atoms with Crippen LogP contribution >= 0.6 is 0 Å². The van der Waals surface area contributed by atoms with E-state index < -0.39 is 0 Å². The smallest absolute Gasteiger partial charge is 0.162 e. The van der Waals surface area contributed by atoms with Gasteiger partial charge in [-0.15, -0.1) is 0 Å². The Morgan fingerprint density at radius 3 is 2.75 bits per heavy atom. The predicted molar refractivity (Wildman–Crippen MR) is 87.9 cm³/mol. The Balaban J connectivity index is 1.94. The molecular formula is C17H13N7. The zero-order valence-electron chi connectivity index (χ0n) is 13.2. The molecule has 24 heavy (non-hydrogen) atoms. The van der Waals surface area contributed by atoms with Gasteiger partial charge in [0.1, 0.15) is 17.5 Å². The van der Waals surface area contributed by atoms with E-state index in [0.717, 1.165) is 22.8 Å². The number of nitrogens with zero attached hydrogens (tertiary/aromatic N) is 7. The average Bonchev–Trinajstić information content (AvgIpc) is 3.17. The Labute approximate surface area is 137 Å². The molecule has 0 saturated carbocycles. The molecule has 0 amide bonds. The first-order valence-electron chi connectivity index (χ1n) is 7.38. The van der Waals surface area contributed by atoms with Crippen molar-refractivity contribution in [1.29, 1.82) is 5.26 Å². The van der Waals surface area contributed by atoms with Crippen molar-refractivity contribution in [3.8, 4) is 28.8 Å². The number of imidazole rings is 2. The van der Waals surface area contributed by atoms with Gasteiger partial charge in [-0.2, -0.15) is 10.4 Å². The van der Waals surface area contributed by atoms with Gasteiger partial charge in [0.05, 0.1) is 23.9 Å².